The number of nitrogens with two attached hydrogens (primary N) is 1. The van der Waals surface area contributed by atoms with Gasteiger partial charge in [0.1, 0.15) is 24.2 Å². The van der Waals surface area contributed by atoms with E-state index < -0.39 is 61.1 Å². The van der Waals surface area contributed by atoms with Crippen molar-refractivity contribution < 1.29 is 34.5 Å². The van der Waals surface area contributed by atoms with Crippen molar-refractivity contribution >= 4 is 23.7 Å². The standard InChI is InChI=1S/C21H32N4O7/c1-12(2)8-15(23-18(28)14(22)10-26)19(29)25-17(11-27)20(30)24-16(21(31)32)9-13-6-4-3-5-7-13/h3-7,12,14-17,26-27H,8-11,22H2,1-2H3,(H,23,28)(H,24,30)(H,25,29)(H,31,32). The van der Waals surface area contributed by atoms with Crippen LogP contribution in [-0.4, -0.2) is 76.4 Å². The van der Waals surface area contributed by atoms with Crippen LogP contribution in [0.2, 0.25) is 0 Å². The maximum Gasteiger partial charge on any atom is 0.326 e. The Labute approximate surface area is 186 Å². The Bertz CT molecular complexity index is 773. The molecule has 8 N–H and O–H groups in total. The third-order valence-corrected chi connectivity index (χ3v) is 4.59. The van der Waals surface area contributed by atoms with Gasteiger partial charge in [-0.05, 0) is 17.9 Å². The molecule has 1 aromatic rings. The number of aliphatic hydroxyl groups excluding tert-OH is 2. The number of hydrogen-bond acceptors (Lipinski definition) is 7. The molecule has 0 bridgehead atoms. The summed E-state index contributed by atoms with van der Waals surface area (Å²) in [6.45, 7) is 2.24. The molecule has 0 aliphatic carbocycles. The molecule has 0 saturated heterocycles. The first-order chi connectivity index (χ1) is 15.1. The molecule has 0 spiro atoms. The van der Waals surface area contributed by atoms with Crippen LogP contribution in [0.3, 0.4) is 0 Å². The summed E-state index contributed by atoms with van der Waals surface area (Å²) in [5.41, 5.74) is 6.15. The number of amides is 3. The number of aliphatic hydroxyl groups is 2. The predicted octanol–water partition coefficient (Wildman–Crippen LogP) is -1.87. The van der Waals surface area contributed by atoms with E-state index in [4.69, 9.17) is 10.8 Å². The summed E-state index contributed by atoms with van der Waals surface area (Å²) in [6.07, 6.45) is 0.223. The smallest absolute Gasteiger partial charge is 0.326 e. The molecule has 0 aromatic heterocycles. The predicted molar refractivity (Wildman–Crippen MR) is 115 cm³/mol. The number of carbonyl (C=O) groups excluding carboxylic acids is 3. The lowest BCUT2D eigenvalue weighted by atomic mass is 10.0. The van der Waals surface area contributed by atoms with Crippen molar-refractivity contribution in [1.29, 1.82) is 0 Å². The van der Waals surface area contributed by atoms with Crippen molar-refractivity contribution in [2.24, 2.45) is 11.7 Å². The number of aliphatic carboxylic acids is 1. The van der Waals surface area contributed by atoms with Gasteiger partial charge in [-0.2, -0.15) is 0 Å². The Morgan fingerprint density at radius 2 is 1.38 bits per heavy atom. The highest BCUT2D eigenvalue weighted by atomic mass is 16.4. The van der Waals surface area contributed by atoms with Crippen LogP contribution in [0.15, 0.2) is 30.3 Å². The molecule has 11 nitrogen and oxygen atoms in total. The first-order valence-electron chi connectivity index (χ1n) is 10.2. The highest BCUT2D eigenvalue weighted by molar-refractivity contribution is 5.94. The van der Waals surface area contributed by atoms with E-state index in [2.05, 4.69) is 16.0 Å². The van der Waals surface area contributed by atoms with Crippen molar-refractivity contribution in [2.45, 2.75) is 50.9 Å². The van der Waals surface area contributed by atoms with Gasteiger partial charge in [-0.25, -0.2) is 4.79 Å². The van der Waals surface area contributed by atoms with Gasteiger partial charge in [0.25, 0.3) is 0 Å². The second-order valence-electron chi connectivity index (χ2n) is 7.81. The van der Waals surface area contributed by atoms with E-state index in [-0.39, 0.29) is 18.8 Å². The summed E-state index contributed by atoms with van der Waals surface area (Å²) in [6, 6.07) is 3.67. The molecular weight excluding hydrogens is 420 g/mol. The average Bonchev–Trinajstić information content (AvgIpc) is 2.75. The Morgan fingerprint density at radius 3 is 1.88 bits per heavy atom. The fraction of sp³-hybridized carbons (Fsp3) is 0.524. The average molecular weight is 453 g/mol. The molecule has 4 atom stereocenters. The summed E-state index contributed by atoms with van der Waals surface area (Å²) >= 11 is 0. The summed E-state index contributed by atoms with van der Waals surface area (Å²) < 4.78 is 0. The Hall–Kier alpha value is -3.02. The molecule has 11 heteroatoms. The van der Waals surface area contributed by atoms with Crippen LogP contribution < -0.4 is 21.7 Å². The zero-order chi connectivity index (χ0) is 24.3. The summed E-state index contributed by atoms with van der Waals surface area (Å²) in [7, 11) is 0. The van der Waals surface area contributed by atoms with E-state index in [0.29, 0.717) is 5.56 Å². The SMILES string of the molecule is CC(C)CC(NC(=O)C(N)CO)C(=O)NC(CO)C(=O)NC(Cc1ccccc1)C(=O)O. The summed E-state index contributed by atoms with van der Waals surface area (Å²) in [5, 5.41) is 35.1. The maximum absolute atomic E-state index is 12.7. The fourth-order valence-corrected chi connectivity index (χ4v) is 2.85. The van der Waals surface area contributed by atoms with Crippen LogP contribution in [0.4, 0.5) is 0 Å². The Morgan fingerprint density at radius 1 is 0.844 bits per heavy atom. The molecule has 0 heterocycles. The molecular formula is C21H32N4O7. The van der Waals surface area contributed by atoms with Crippen LogP contribution in [0.1, 0.15) is 25.8 Å². The lowest BCUT2D eigenvalue weighted by Gasteiger charge is -2.25. The lowest BCUT2D eigenvalue weighted by Crippen LogP contribution is -2.58. The normalized spacial score (nSPS) is 14.7. The number of carboxylic acid groups (broad SMARTS) is 1. The maximum atomic E-state index is 12.7. The monoisotopic (exact) mass is 452 g/mol. The fourth-order valence-electron chi connectivity index (χ4n) is 2.85. The molecule has 0 radical (unpaired) electrons. The third kappa shape index (κ3) is 9.00. The number of hydrogen-bond donors (Lipinski definition) is 7. The molecule has 1 rings (SSSR count). The molecule has 4 unspecified atom stereocenters. The lowest BCUT2D eigenvalue weighted by molar-refractivity contribution is -0.142. The van der Waals surface area contributed by atoms with Crippen molar-refractivity contribution in [3.05, 3.63) is 35.9 Å². The van der Waals surface area contributed by atoms with Gasteiger partial charge in [-0.15, -0.1) is 0 Å². The molecule has 178 valence electrons. The van der Waals surface area contributed by atoms with E-state index in [0.717, 1.165) is 0 Å². The molecule has 0 aliphatic heterocycles. The minimum atomic E-state index is -1.43. The Kier molecular flexibility index (Phi) is 11.3. The van der Waals surface area contributed by atoms with E-state index in [1.165, 1.54) is 0 Å². The van der Waals surface area contributed by atoms with Gasteiger partial charge < -0.3 is 37.0 Å². The second kappa shape index (κ2) is 13.4. The molecule has 0 saturated carbocycles. The minimum absolute atomic E-state index is 0.0130. The quantitative estimate of drug-likeness (QED) is 0.181. The summed E-state index contributed by atoms with van der Waals surface area (Å²) in [5.74, 6) is -3.66. The number of carboxylic acids is 1. The molecule has 3 amide bonds. The van der Waals surface area contributed by atoms with Gasteiger partial charge in [-0.1, -0.05) is 44.2 Å². The van der Waals surface area contributed by atoms with Gasteiger partial charge in [-0.3, -0.25) is 14.4 Å². The molecule has 0 aliphatic rings. The summed E-state index contributed by atoms with van der Waals surface area (Å²) in [4.78, 5) is 48.8. The van der Waals surface area contributed by atoms with Gasteiger partial charge in [0, 0.05) is 6.42 Å². The van der Waals surface area contributed by atoms with Crippen molar-refractivity contribution in [1.82, 2.24) is 16.0 Å². The first kappa shape index (κ1) is 27.0. The highest BCUT2D eigenvalue weighted by Crippen LogP contribution is 2.07. The van der Waals surface area contributed by atoms with Gasteiger partial charge in [0.05, 0.1) is 13.2 Å². The highest BCUT2D eigenvalue weighted by Gasteiger charge is 2.30. The minimum Gasteiger partial charge on any atom is -0.480 e. The van der Waals surface area contributed by atoms with Crippen LogP contribution in [0, 0.1) is 5.92 Å². The van der Waals surface area contributed by atoms with Crippen LogP contribution in [-0.2, 0) is 25.6 Å². The third-order valence-electron chi connectivity index (χ3n) is 4.59. The zero-order valence-electron chi connectivity index (χ0n) is 18.2. The number of nitrogens with one attached hydrogen (secondary N) is 3. The van der Waals surface area contributed by atoms with E-state index in [9.17, 15) is 29.4 Å². The van der Waals surface area contributed by atoms with Crippen LogP contribution >= 0.6 is 0 Å². The van der Waals surface area contributed by atoms with E-state index in [1.807, 2.05) is 13.8 Å². The number of rotatable bonds is 13. The van der Waals surface area contributed by atoms with E-state index >= 15 is 0 Å². The van der Waals surface area contributed by atoms with Crippen molar-refractivity contribution in [2.75, 3.05) is 13.2 Å². The molecule has 1 aromatic carbocycles. The van der Waals surface area contributed by atoms with Gasteiger partial charge in [0.15, 0.2) is 0 Å². The van der Waals surface area contributed by atoms with Crippen molar-refractivity contribution in [3.8, 4) is 0 Å². The number of benzene rings is 1. The topological polar surface area (TPSA) is 191 Å². The van der Waals surface area contributed by atoms with Crippen LogP contribution in [0.25, 0.3) is 0 Å². The van der Waals surface area contributed by atoms with E-state index in [1.54, 1.807) is 30.3 Å². The molecule has 0 fully saturated rings. The number of carbonyl (C=O) groups is 4. The van der Waals surface area contributed by atoms with Gasteiger partial charge >= 0.3 is 5.97 Å². The molecule has 32 heavy (non-hydrogen) atoms. The van der Waals surface area contributed by atoms with Gasteiger partial charge in [0.2, 0.25) is 17.7 Å². The second-order valence-corrected chi connectivity index (χ2v) is 7.81. The van der Waals surface area contributed by atoms with Crippen LogP contribution in [0.5, 0.6) is 0 Å². The Balaban J connectivity index is 2.85. The zero-order valence-corrected chi connectivity index (χ0v) is 18.2. The first-order valence-corrected chi connectivity index (χ1v) is 10.2. The largest absolute Gasteiger partial charge is 0.480 e. The van der Waals surface area contributed by atoms with Crippen molar-refractivity contribution in [3.63, 3.8) is 0 Å².